The van der Waals surface area contributed by atoms with Crippen LogP contribution in [0.1, 0.15) is 43.4 Å². The summed E-state index contributed by atoms with van der Waals surface area (Å²) in [5.74, 6) is -3.39. The van der Waals surface area contributed by atoms with Crippen molar-refractivity contribution in [3.05, 3.63) is 58.1 Å². The number of hydrogen-bond donors (Lipinski definition) is 2. The highest BCUT2D eigenvalue weighted by Gasteiger charge is 2.62. The summed E-state index contributed by atoms with van der Waals surface area (Å²) in [6.45, 7) is 6.76. The van der Waals surface area contributed by atoms with Gasteiger partial charge in [-0.25, -0.2) is 18.4 Å². The fourth-order valence-electron chi connectivity index (χ4n) is 4.21. The van der Waals surface area contributed by atoms with Gasteiger partial charge in [0.05, 0.1) is 13.2 Å². The van der Waals surface area contributed by atoms with Crippen LogP contribution in [0.25, 0.3) is 0 Å². The van der Waals surface area contributed by atoms with E-state index in [0.717, 1.165) is 11.1 Å². The molecule has 3 rings (SSSR count). The lowest BCUT2D eigenvalue weighted by Crippen LogP contribution is -2.68. The highest BCUT2D eigenvalue weighted by Crippen LogP contribution is 2.46. The third kappa shape index (κ3) is 6.57. The van der Waals surface area contributed by atoms with E-state index in [4.69, 9.17) is 21.1 Å². The second-order valence-electron chi connectivity index (χ2n) is 8.91. The van der Waals surface area contributed by atoms with Gasteiger partial charge >= 0.3 is 12.0 Å². The van der Waals surface area contributed by atoms with Gasteiger partial charge in [0.15, 0.2) is 5.54 Å². The average Bonchev–Trinajstić information content (AvgIpc) is 2.79. The summed E-state index contributed by atoms with van der Waals surface area (Å²) in [5.41, 5.74) is 0.428. The molecule has 2 amide bonds. The number of carboxylic acid groups (broad SMARTS) is 1. The van der Waals surface area contributed by atoms with Gasteiger partial charge in [-0.2, -0.15) is 0 Å². The molecule has 0 atom stereocenters. The molecule has 1 aliphatic rings. The van der Waals surface area contributed by atoms with E-state index in [1.165, 1.54) is 4.90 Å². The van der Waals surface area contributed by atoms with E-state index >= 15 is 0 Å². The van der Waals surface area contributed by atoms with Gasteiger partial charge in [-0.3, -0.25) is 0 Å². The van der Waals surface area contributed by atoms with Crippen molar-refractivity contribution in [3.8, 4) is 11.5 Å². The van der Waals surface area contributed by atoms with Crippen molar-refractivity contribution in [2.75, 3.05) is 19.8 Å². The maximum atomic E-state index is 13.6. The molecule has 10 heteroatoms. The van der Waals surface area contributed by atoms with Gasteiger partial charge in [-0.05, 0) is 62.6 Å². The van der Waals surface area contributed by atoms with Gasteiger partial charge in [-0.1, -0.05) is 23.7 Å². The zero-order valence-corrected chi connectivity index (χ0v) is 21.3. The second kappa shape index (κ2) is 11.3. The zero-order valence-electron chi connectivity index (χ0n) is 20.6. The summed E-state index contributed by atoms with van der Waals surface area (Å²) in [5, 5.41) is 12.5. The van der Waals surface area contributed by atoms with E-state index in [-0.39, 0.29) is 13.1 Å². The predicted octanol–water partition coefficient (Wildman–Crippen LogP) is 5.45. The number of ether oxygens (including phenoxy) is 2. The molecular weight excluding hydrogens is 494 g/mol. The number of nitrogens with zero attached hydrogens (tertiary/aromatic N) is 1. The van der Waals surface area contributed by atoms with Crippen LogP contribution in [0.5, 0.6) is 11.5 Å². The molecule has 1 aliphatic carbocycles. The van der Waals surface area contributed by atoms with Crippen molar-refractivity contribution in [2.45, 2.75) is 58.0 Å². The molecule has 0 saturated heterocycles. The second-order valence-corrected chi connectivity index (χ2v) is 9.34. The highest BCUT2D eigenvalue weighted by atomic mass is 35.5. The normalized spacial score (nSPS) is 15.5. The first kappa shape index (κ1) is 27.5. The Morgan fingerprint density at radius 3 is 2.08 bits per heavy atom. The summed E-state index contributed by atoms with van der Waals surface area (Å²) in [7, 11) is 0. The SMILES string of the molecule is CCOc1cc(CN(CCc2ccc(Cl)cc2)C(=O)NC2(C(=O)O)CC(F)(F)C2)cc(OCC)c1C. The monoisotopic (exact) mass is 524 g/mol. The van der Waals surface area contributed by atoms with Gasteiger partial charge in [0.1, 0.15) is 11.5 Å². The van der Waals surface area contributed by atoms with E-state index in [1.54, 1.807) is 24.3 Å². The third-order valence-electron chi connectivity index (χ3n) is 6.09. The van der Waals surface area contributed by atoms with E-state index < -0.39 is 36.3 Å². The van der Waals surface area contributed by atoms with Gasteiger partial charge in [-0.15, -0.1) is 0 Å². The van der Waals surface area contributed by atoms with Crippen LogP contribution in [-0.2, 0) is 17.8 Å². The van der Waals surface area contributed by atoms with Crippen molar-refractivity contribution >= 4 is 23.6 Å². The van der Waals surface area contributed by atoms with Crippen LogP contribution in [0.2, 0.25) is 5.02 Å². The minimum atomic E-state index is -3.13. The molecular formula is C26H31ClF2N2O5. The Bertz CT molecular complexity index is 1060. The summed E-state index contributed by atoms with van der Waals surface area (Å²) in [6, 6.07) is 9.99. The number of benzene rings is 2. The number of halogens is 3. The highest BCUT2D eigenvalue weighted by molar-refractivity contribution is 6.30. The average molecular weight is 525 g/mol. The van der Waals surface area contributed by atoms with Crippen molar-refractivity contribution in [1.29, 1.82) is 0 Å². The van der Waals surface area contributed by atoms with Crippen molar-refractivity contribution in [1.82, 2.24) is 10.2 Å². The number of hydrogen-bond acceptors (Lipinski definition) is 4. The number of alkyl halides is 2. The van der Waals surface area contributed by atoms with Crippen LogP contribution < -0.4 is 14.8 Å². The summed E-state index contributed by atoms with van der Waals surface area (Å²) < 4.78 is 38.7. The van der Waals surface area contributed by atoms with Crippen LogP contribution in [0.3, 0.4) is 0 Å². The molecule has 196 valence electrons. The lowest BCUT2D eigenvalue weighted by molar-refractivity contribution is -0.175. The summed E-state index contributed by atoms with van der Waals surface area (Å²) in [4.78, 5) is 26.4. The van der Waals surface area contributed by atoms with Gasteiger partial charge in [0, 0.05) is 36.5 Å². The van der Waals surface area contributed by atoms with Crippen LogP contribution >= 0.6 is 11.6 Å². The number of aliphatic carboxylic acids is 1. The number of nitrogens with one attached hydrogen (secondary N) is 1. The van der Waals surface area contributed by atoms with Crippen LogP contribution in [-0.4, -0.2) is 53.2 Å². The minimum absolute atomic E-state index is 0.0892. The molecule has 7 nitrogen and oxygen atoms in total. The Kier molecular flexibility index (Phi) is 8.66. The molecule has 1 fully saturated rings. The Morgan fingerprint density at radius 2 is 1.61 bits per heavy atom. The number of amides is 2. The molecule has 0 aliphatic heterocycles. The first-order valence-corrected chi connectivity index (χ1v) is 12.2. The Hall–Kier alpha value is -3.07. The molecule has 2 N–H and O–H groups in total. The lowest BCUT2D eigenvalue weighted by Gasteiger charge is -2.44. The maximum Gasteiger partial charge on any atom is 0.329 e. The van der Waals surface area contributed by atoms with E-state index in [2.05, 4.69) is 5.32 Å². The van der Waals surface area contributed by atoms with Gasteiger partial charge in [0.25, 0.3) is 5.92 Å². The Labute approximate surface area is 214 Å². The van der Waals surface area contributed by atoms with Crippen LogP contribution in [0.15, 0.2) is 36.4 Å². The molecule has 0 radical (unpaired) electrons. The predicted molar refractivity (Wildman–Crippen MR) is 132 cm³/mol. The summed E-state index contributed by atoms with van der Waals surface area (Å²) >= 11 is 5.96. The largest absolute Gasteiger partial charge is 0.493 e. The topological polar surface area (TPSA) is 88.1 Å². The maximum absolute atomic E-state index is 13.6. The lowest BCUT2D eigenvalue weighted by atomic mass is 9.73. The van der Waals surface area contributed by atoms with Gasteiger partial charge < -0.3 is 24.8 Å². The third-order valence-corrected chi connectivity index (χ3v) is 6.34. The van der Waals surface area contributed by atoms with Crippen LogP contribution in [0, 0.1) is 6.92 Å². The smallest absolute Gasteiger partial charge is 0.329 e. The molecule has 0 aromatic heterocycles. The number of carbonyl (C=O) groups excluding carboxylic acids is 1. The standard InChI is InChI=1S/C26H31ClF2N2O5/c1-4-35-21-12-19(13-22(17(21)3)36-5-2)14-31(11-10-18-6-8-20(27)9-7-18)24(34)30-25(23(32)33)15-26(28,29)16-25/h6-9,12-13H,4-5,10-11,14-16H2,1-3H3,(H,30,34)(H,32,33). The van der Waals surface area contributed by atoms with Crippen molar-refractivity contribution < 1.29 is 33.0 Å². The minimum Gasteiger partial charge on any atom is -0.493 e. The molecule has 36 heavy (non-hydrogen) atoms. The molecule has 0 unspecified atom stereocenters. The first-order chi connectivity index (χ1) is 17.0. The number of carbonyl (C=O) groups is 2. The van der Waals surface area contributed by atoms with Crippen molar-refractivity contribution in [3.63, 3.8) is 0 Å². The number of rotatable bonds is 11. The molecule has 0 heterocycles. The van der Waals surface area contributed by atoms with E-state index in [1.807, 2.05) is 32.9 Å². The quantitative estimate of drug-likeness (QED) is 0.408. The fraction of sp³-hybridized carbons (Fsp3) is 0.462. The fourth-order valence-corrected chi connectivity index (χ4v) is 4.34. The van der Waals surface area contributed by atoms with Gasteiger partial charge in [0.2, 0.25) is 0 Å². The molecule has 0 bridgehead atoms. The Morgan fingerprint density at radius 1 is 1.06 bits per heavy atom. The van der Waals surface area contributed by atoms with E-state index in [0.29, 0.717) is 41.7 Å². The van der Waals surface area contributed by atoms with Crippen LogP contribution in [0.4, 0.5) is 13.6 Å². The first-order valence-electron chi connectivity index (χ1n) is 11.8. The van der Waals surface area contributed by atoms with E-state index in [9.17, 15) is 23.5 Å². The van der Waals surface area contributed by atoms with Crippen molar-refractivity contribution in [2.24, 2.45) is 0 Å². The summed E-state index contributed by atoms with van der Waals surface area (Å²) in [6.07, 6.45) is -1.44. The molecule has 0 spiro atoms. The molecule has 1 saturated carbocycles. The zero-order chi connectivity index (χ0) is 26.5. The number of urea groups is 1. The Balaban J connectivity index is 1.87. The molecule has 2 aromatic rings. The number of carboxylic acids is 1. The molecule has 2 aromatic carbocycles.